The van der Waals surface area contributed by atoms with E-state index in [0.29, 0.717) is 0 Å². The fraction of sp³-hybridized carbons (Fsp3) is 0.833. The van der Waals surface area contributed by atoms with E-state index in [1.165, 1.54) is 9.47 Å². The molecule has 2 aliphatic carbocycles. The molecule has 0 radical (unpaired) electrons. The van der Waals surface area contributed by atoms with Gasteiger partial charge in [-0.15, -0.1) is 0 Å². The largest absolute Gasteiger partial charge is 0.475 e. The maximum Gasteiger partial charge on any atom is 0.475 e. The Morgan fingerprint density at radius 3 is 0.592 bits per heavy atom. The molecule has 0 bridgehead atoms. The van der Waals surface area contributed by atoms with E-state index in [2.05, 4.69) is 0 Å². The van der Waals surface area contributed by atoms with Crippen LogP contribution < -0.4 is 0 Å². The van der Waals surface area contributed by atoms with Crippen molar-refractivity contribution in [3.05, 3.63) is 24.1 Å². The predicted octanol–water partition coefficient (Wildman–Crippen LogP) is 13.8. The molecule has 0 saturated heterocycles. The minimum atomic E-state index is -9.31. The minimum absolute atomic E-state index is 0.856. The van der Waals surface area contributed by atoms with Crippen molar-refractivity contribution < 1.29 is 208 Å². The zero-order valence-electron chi connectivity index (χ0n) is 29.9. The van der Waals surface area contributed by atoms with Crippen LogP contribution in [0.5, 0.6) is 0 Å². The van der Waals surface area contributed by atoms with Crippen molar-refractivity contribution in [1.29, 1.82) is 0 Å². The minimum Gasteiger partial charge on any atom is -0.397 e. The van der Waals surface area contributed by atoms with Gasteiger partial charge in [0.1, 0.15) is 0 Å². The smallest absolute Gasteiger partial charge is 0.397 e. The molecule has 0 aromatic rings. The van der Waals surface area contributed by atoms with Crippen LogP contribution in [0.4, 0.5) is 184 Å². The average Bonchev–Trinajstić information content (AvgIpc) is 3.13. The van der Waals surface area contributed by atoms with Gasteiger partial charge >= 0.3 is 143 Å². The van der Waals surface area contributed by atoms with Crippen molar-refractivity contribution in [3.63, 3.8) is 0 Å². The molecule has 0 aliphatic heterocycles. The van der Waals surface area contributed by atoms with Gasteiger partial charge in [-0.1, -0.05) is 0 Å². The number of ether oxygens (including phenoxy) is 5. The standard InChI is InChI=1S/C24F42O5/c25-1(3(27)68-21(59,60)17(51,52)23(63,64)70-19(55,56)5(29)7(31,32)11(39,40)15(47,48)12(41,42)8(5,33)34)67-2(26)4(28)69-22(61,62)18(53,54)24(65,66)71-20(57,58)6(30)9(35,36)13(43,44)16(49,50)14(45,46)10(6,37)38. The third-order valence-corrected chi connectivity index (χ3v) is 8.59. The highest BCUT2D eigenvalue weighted by Crippen LogP contribution is 2.75. The first-order valence-corrected chi connectivity index (χ1v) is 15.0. The Labute approximate surface area is 352 Å². The topological polar surface area (TPSA) is 46.2 Å². The van der Waals surface area contributed by atoms with Gasteiger partial charge < -0.3 is 14.2 Å². The zero-order chi connectivity index (χ0) is 57.8. The third kappa shape index (κ3) is 7.30. The van der Waals surface area contributed by atoms with Crippen LogP contribution >= 0.6 is 0 Å². The van der Waals surface area contributed by atoms with Crippen molar-refractivity contribution in [2.24, 2.45) is 0 Å². The van der Waals surface area contributed by atoms with E-state index in [1.54, 1.807) is 0 Å². The quantitative estimate of drug-likeness (QED) is 0.114. The number of hydrogen-bond acceptors (Lipinski definition) is 5. The summed E-state index contributed by atoms with van der Waals surface area (Å²) in [6, 6.07) is -19.7. The summed E-state index contributed by atoms with van der Waals surface area (Å²) in [5.74, 6) is -106. The second-order valence-electron chi connectivity index (χ2n) is 12.9. The first-order valence-electron chi connectivity index (χ1n) is 15.0. The molecular formula is C24F42O5. The Kier molecular flexibility index (Phi) is 13.9. The van der Waals surface area contributed by atoms with Gasteiger partial charge in [0.2, 0.25) is 0 Å². The van der Waals surface area contributed by atoms with Crippen LogP contribution in [0, 0.1) is 0 Å². The number of halogens is 42. The maximum atomic E-state index is 14.5. The van der Waals surface area contributed by atoms with Crippen LogP contribution in [0.15, 0.2) is 24.1 Å². The SMILES string of the molecule is FC(OC(F)=C(F)OC(F)(F)C(F)(F)C(F)(F)OC(F)(F)C1(F)C(F)(F)C(F)(F)C(F)(F)C(F)(F)C1(F)F)=C(F)OC(F)(F)C(F)(F)C(F)(F)OC(F)(F)C1(F)C(F)(F)C(F)(F)C(F)(F)C(F)(F)C1(F)F. The number of alkyl halides is 38. The molecule has 5 nitrogen and oxygen atoms in total. The molecule has 420 valence electrons. The van der Waals surface area contributed by atoms with E-state index >= 15 is 0 Å². The lowest BCUT2D eigenvalue weighted by Gasteiger charge is -2.53. The van der Waals surface area contributed by atoms with Crippen LogP contribution in [-0.2, 0) is 23.7 Å². The summed E-state index contributed by atoms with van der Waals surface area (Å²) >= 11 is 0. The molecule has 47 heteroatoms. The second-order valence-corrected chi connectivity index (χ2v) is 12.9. The van der Waals surface area contributed by atoms with E-state index in [4.69, 9.17) is 0 Å². The van der Waals surface area contributed by atoms with E-state index < -0.39 is 143 Å². The average molecular weight is 1170 g/mol. The zero-order valence-corrected chi connectivity index (χ0v) is 29.9. The van der Waals surface area contributed by atoms with Gasteiger partial charge in [-0.2, -0.15) is 176 Å². The van der Waals surface area contributed by atoms with E-state index in [-0.39, 0.29) is 0 Å². The van der Waals surface area contributed by atoms with Gasteiger partial charge in [0.15, 0.2) is 0 Å². The molecule has 2 rings (SSSR count). The lowest BCUT2D eigenvalue weighted by molar-refractivity contribution is -0.556. The van der Waals surface area contributed by atoms with E-state index in [9.17, 15) is 184 Å². The van der Waals surface area contributed by atoms with Crippen molar-refractivity contribution in [2.45, 2.75) is 119 Å². The predicted molar refractivity (Wildman–Crippen MR) is 121 cm³/mol. The van der Waals surface area contributed by atoms with Crippen molar-refractivity contribution in [2.75, 3.05) is 0 Å². The molecule has 0 heterocycles. The van der Waals surface area contributed by atoms with Crippen LogP contribution in [-0.4, -0.2) is 119 Å². The molecule has 2 aliphatic rings. The Balaban J connectivity index is 2.53. The van der Waals surface area contributed by atoms with Gasteiger partial charge in [0, 0.05) is 0 Å². The molecule has 2 fully saturated rings. The molecule has 0 unspecified atom stereocenters. The fourth-order valence-corrected chi connectivity index (χ4v) is 4.70. The Hall–Kier alpha value is -4.14. The van der Waals surface area contributed by atoms with Crippen LogP contribution in [0.25, 0.3) is 0 Å². The van der Waals surface area contributed by atoms with Gasteiger partial charge in [-0.05, 0) is 0 Å². The van der Waals surface area contributed by atoms with Crippen LogP contribution in [0.1, 0.15) is 0 Å². The van der Waals surface area contributed by atoms with Crippen LogP contribution in [0.2, 0.25) is 0 Å². The normalized spacial score (nSPS) is 26.1. The van der Waals surface area contributed by atoms with Crippen molar-refractivity contribution in [1.82, 2.24) is 0 Å². The van der Waals surface area contributed by atoms with E-state index in [0.717, 1.165) is 9.47 Å². The molecule has 0 spiro atoms. The van der Waals surface area contributed by atoms with Crippen LogP contribution in [0.3, 0.4) is 0 Å². The summed E-state index contributed by atoms with van der Waals surface area (Å²) in [6.45, 7) is 0. The summed E-state index contributed by atoms with van der Waals surface area (Å²) in [5, 5.41) is 0. The highest BCUT2D eigenvalue weighted by Gasteiger charge is 3.08. The molecule has 0 atom stereocenters. The Bertz CT molecular complexity index is 1910. The summed E-state index contributed by atoms with van der Waals surface area (Å²) in [5.41, 5.74) is -18.6. The first kappa shape index (κ1) is 63.0. The molecule has 71 heavy (non-hydrogen) atoms. The van der Waals surface area contributed by atoms with Crippen molar-refractivity contribution >= 4 is 0 Å². The van der Waals surface area contributed by atoms with E-state index in [1.807, 2.05) is 4.74 Å². The highest BCUT2D eigenvalue weighted by atomic mass is 19.4. The first-order chi connectivity index (χ1) is 30.2. The molecule has 0 aromatic heterocycles. The third-order valence-electron chi connectivity index (χ3n) is 8.59. The molecular weight excluding hydrogens is 1170 g/mol. The summed E-state index contributed by atoms with van der Waals surface area (Å²) in [4.78, 5) is 0. The lowest BCUT2D eigenvalue weighted by Crippen LogP contribution is -2.87. The number of rotatable bonds is 16. The monoisotopic (exact) mass is 1170 g/mol. The fourth-order valence-electron chi connectivity index (χ4n) is 4.70. The van der Waals surface area contributed by atoms with Gasteiger partial charge in [-0.3, -0.25) is 0 Å². The number of hydrogen-bond donors (Lipinski definition) is 0. The second kappa shape index (κ2) is 15.7. The summed E-state index contributed by atoms with van der Waals surface area (Å²) in [7, 11) is 0. The van der Waals surface area contributed by atoms with Gasteiger partial charge in [-0.25, -0.2) is 18.3 Å². The maximum absolute atomic E-state index is 14.5. The Morgan fingerprint density at radius 2 is 0.408 bits per heavy atom. The molecule has 2 saturated carbocycles. The summed E-state index contributed by atoms with van der Waals surface area (Å²) < 4.78 is 582. The summed E-state index contributed by atoms with van der Waals surface area (Å²) in [6.07, 6.45) is -53.0. The molecule has 0 aromatic carbocycles. The lowest BCUT2D eigenvalue weighted by atomic mass is 9.71. The van der Waals surface area contributed by atoms with Crippen molar-refractivity contribution in [3.8, 4) is 0 Å². The molecule has 0 N–H and O–H groups in total. The molecule has 0 amide bonds. The highest BCUT2D eigenvalue weighted by molar-refractivity contribution is 5.30. The Morgan fingerprint density at radius 1 is 0.239 bits per heavy atom. The van der Waals surface area contributed by atoms with Gasteiger partial charge in [0.05, 0.1) is 0 Å². The van der Waals surface area contributed by atoms with Gasteiger partial charge in [0.25, 0.3) is 0 Å².